The number of anilines is 1. The van der Waals surface area contributed by atoms with Crippen LogP contribution in [0.5, 0.6) is 0 Å². The molecule has 0 radical (unpaired) electrons. The van der Waals surface area contributed by atoms with Crippen LogP contribution in [0.25, 0.3) is 10.2 Å². The third kappa shape index (κ3) is 2.19. The van der Waals surface area contributed by atoms with Gasteiger partial charge in [-0.3, -0.25) is 4.79 Å². The van der Waals surface area contributed by atoms with Gasteiger partial charge in [-0.05, 0) is 17.5 Å². The highest BCUT2D eigenvalue weighted by atomic mass is 32.1. The summed E-state index contributed by atoms with van der Waals surface area (Å²) in [6, 6.07) is 5.27. The largest absolute Gasteiger partial charge is 0.355 e. The van der Waals surface area contributed by atoms with E-state index < -0.39 is 0 Å². The predicted molar refractivity (Wildman–Crippen MR) is 81.6 cm³/mol. The minimum absolute atomic E-state index is 0.0433. The van der Waals surface area contributed by atoms with Crippen LogP contribution in [0.15, 0.2) is 40.9 Å². The highest BCUT2D eigenvalue weighted by Gasteiger charge is 2.29. The van der Waals surface area contributed by atoms with Gasteiger partial charge in [0, 0.05) is 31.3 Å². The van der Waals surface area contributed by atoms with Crippen molar-refractivity contribution in [3.63, 3.8) is 0 Å². The van der Waals surface area contributed by atoms with Gasteiger partial charge in [0.1, 0.15) is 17.0 Å². The minimum Gasteiger partial charge on any atom is -0.355 e. The summed E-state index contributed by atoms with van der Waals surface area (Å²) in [6.07, 6.45) is 3.27. The molecule has 0 spiro atoms. The third-order valence-electron chi connectivity index (χ3n) is 3.71. The Morgan fingerprint density at radius 1 is 1.29 bits per heavy atom. The van der Waals surface area contributed by atoms with Crippen LogP contribution >= 0.6 is 11.3 Å². The average Bonchev–Trinajstić information content (AvgIpc) is 2.93. The molecular formula is C14H13N5OS. The Morgan fingerprint density at radius 2 is 2.19 bits per heavy atom. The standard InChI is InChI=1S/C14H13N5OS/c20-12-2-1-4-17-19(12)8-10-6-18(7-10)13-11-3-5-21-14(11)16-9-15-13/h1-5,9-10H,6-8H2. The van der Waals surface area contributed by atoms with Crippen molar-refractivity contribution < 1.29 is 0 Å². The number of aromatic nitrogens is 4. The van der Waals surface area contributed by atoms with Gasteiger partial charge in [0.15, 0.2) is 0 Å². The molecule has 0 aromatic carbocycles. The van der Waals surface area contributed by atoms with E-state index in [-0.39, 0.29) is 5.56 Å². The maximum Gasteiger partial charge on any atom is 0.266 e. The van der Waals surface area contributed by atoms with Gasteiger partial charge < -0.3 is 4.90 Å². The first-order valence-corrected chi connectivity index (χ1v) is 7.64. The molecule has 7 heteroatoms. The Hall–Kier alpha value is -2.28. The predicted octanol–water partition coefficient (Wildman–Crippen LogP) is 1.38. The normalized spacial score (nSPS) is 15.3. The van der Waals surface area contributed by atoms with Crippen molar-refractivity contribution in [3.05, 3.63) is 46.5 Å². The van der Waals surface area contributed by atoms with Crippen LogP contribution in [0.4, 0.5) is 5.82 Å². The molecule has 3 aromatic heterocycles. The monoisotopic (exact) mass is 299 g/mol. The molecule has 0 saturated carbocycles. The molecule has 4 heterocycles. The molecule has 4 rings (SSSR count). The lowest BCUT2D eigenvalue weighted by molar-refractivity contribution is 0.333. The second kappa shape index (κ2) is 4.92. The van der Waals surface area contributed by atoms with Crippen molar-refractivity contribution >= 4 is 27.4 Å². The maximum absolute atomic E-state index is 11.7. The van der Waals surface area contributed by atoms with Gasteiger partial charge >= 0.3 is 0 Å². The molecule has 0 bridgehead atoms. The molecule has 1 fully saturated rings. The number of fused-ring (bicyclic) bond motifs is 1. The van der Waals surface area contributed by atoms with Gasteiger partial charge in [0.05, 0.1) is 11.9 Å². The Morgan fingerprint density at radius 3 is 3.05 bits per heavy atom. The number of hydrogen-bond donors (Lipinski definition) is 0. The van der Waals surface area contributed by atoms with Gasteiger partial charge in [0.2, 0.25) is 0 Å². The van der Waals surface area contributed by atoms with E-state index in [2.05, 4.69) is 26.0 Å². The van der Waals surface area contributed by atoms with Gasteiger partial charge in [-0.1, -0.05) is 0 Å². The fourth-order valence-corrected chi connectivity index (χ4v) is 3.38. The van der Waals surface area contributed by atoms with Gasteiger partial charge in [-0.2, -0.15) is 5.10 Å². The molecule has 0 atom stereocenters. The van der Waals surface area contributed by atoms with E-state index in [1.165, 1.54) is 4.68 Å². The highest BCUT2D eigenvalue weighted by Crippen LogP contribution is 2.31. The lowest BCUT2D eigenvalue weighted by Gasteiger charge is -2.40. The van der Waals surface area contributed by atoms with E-state index in [1.807, 2.05) is 5.38 Å². The first-order chi connectivity index (χ1) is 10.3. The second-order valence-electron chi connectivity index (χ2n) is 5.15. The smallest absolute Gasteiger partial charge is 0.266 e. The quantitative estimate of drug-likeness (QED) is 0.731. The van der Waals surface area contributed by atoms with Crippen molar-refractivity contribution in [2.75, 3.05) is 18.0 Å². The number of nitrogens with zero attached hydrogens (tertiary/aromatic N) is 5. The fraction of sp³-hybridized carbons (Fsp3) is 0.286. The summed E-state index contributed by atoms with van der Waals surface area (Å²) in [6.45, 7) is 2.45. The molecule has 21 heavy (non-hydrogen) atoms. The summed E-state index contributed by atoms with van der Waals surface area (Å²) >= 11 is 1.63. The molecular weight excluding hydrogens is 286 g/mol. The summed E-state index contributed by atoms with van der Waals surface area (Å²) in [7, 11) is 0. The molecule has 0 unspecified atom stereocenters. The van der Waals surface area contributed by atoms with Gasteiger partial charge in [-0.15, -0.1) is 11.3 Å². The first-order valence-electron chi connectivity index (χ1n) is 6.76. The van der Waals surface area contributed by atoms with E-state index >= 15 is 0 Å². The van der Waals surface area contributed by atoms with Gasteiger partial charge in [0.25, 0.3) is 5.56 Å². The molecule has 1 aliphatic heterocycles. The average molecular weight is 299 g/mol. The van der Waals surface area contributed by atoms with Crippen molar-refractivity contribution in [1.82, 2.24) is 19.7 Å². The van der Waals surface area contributed by atoms with Crippen molar-refractivity contribution in [2.24, 2.45) is 5.92 Å². The van der Waals surface area contributed by atoms with Gasteiger partial charge in [-0.25, -0.2) is 14.6 Å². The van der Waals surface area contributed by atoms with Crippen LogP contribution in [-0.4, -0.2) is 32.8 Å². The second-order valence-corrected chi connectivity index (χ2v) is 6.05. The molecule has 1 saturated heterocycles. The molecule has 106 valence electrons. The van der Waals surface area contributed by atoms with E-state index in [9.17, 15) is 4.79 Å². The zero-order valence-electron chi connectivity index (χ0n) is 11.2. The van der Waals surface area contributed by atoms with Crippen LogP contribution in [0, 0.1) is 5.92 Å². The van der Waals surface area contributed by atoms with Crippen LogP contribution in [-0.2, 0) is 6.54 Å². The van der Waals surface area contributed by atoms with Crippen molar-refractivity contribution in [3.8, 4) is 0 Å². The third-order valence-corrected chi connectivity index (χ3v) is 4.53. The number of hydrogen-bond acceptors (Lipinski definition) is 6. The lowest BCUT2D eigenvalue weighted by Crippen LogP contribution is -2.50. The van der Waals surface area contributed by atoms with E-state index in [1.54, 1.807) is 36.0 Å². The Balaban J connectivity index is 1.49. The molecule has 0 N–H and O–H groups in total. The molecule has 0 aliphatic carbocycles. The highest BCUT2D eigenvalue weighted by molar-refractivity contribution is 7.16. The van der Waals surface area contributed by atoms with Crippen LogP contribution in [0.2, 0.25) is 0 Å². The van der Waals surface area contributed by atoms with E-state index in [0.29, 0.717) is 12.5 Å². The number of thiophene rings is 1. The topological polar surface area (TPSA) is 63.9 Å². The Bertz CT molecular complexity index is 836. The molecule has 3 aromatic rings. The Kier molecular flexibility index (Phi) is 2.92. The summed E-state index contributed by atoms with van der Waals surface area (Å²) in [4.78, 5) is 23.6. The number of rotatable bonds is 3. The summed E-state index contributed by atoms with van der Waals surface area (Å²) in [5.74, 6) is 1.42. The summed E-state index contributed by atoms with van der Waals surface area (Å²) < 4.78 is 1.53. The zero-order chi connectivity index (χ0) is 14.2. The van der Waals surface area contributed by atoms with Crippen LogP contribution in [0.1, 0.15) is 0 Å². The van der Waals surface area contributed by atoms with E-state index in [4.69, 9.17) is 0 Å². The molecule has 6 nitrogen and oxygen atoms in total. The SMILES string of the molecule is O=c1cccnn1CC1CN(c2ncnc3sccc23)C1. The zero-order valence-corrected chi connectivity index (χ0v) is 12.0. The van der Waals surface area contributed by atoms with Crippen LogP contribution < -0.4 is 10.5 Å². The first kappa shape index (κ1) is 12.5. The summed E-state index contributed by atoms with van der Waals surface area (Å²) in [5, 5.41) is 7.24. The lowest BCUT2D eigenvalue weighted by atomic mass is 10.00. The molecule has 1 aliphatic rings. The summed E-state index contributed by atoms with van der Waals surface area (Å²) in [5.41, 5.74) is -0.0433. The van der Waals surface area contributed by atoms with E-state index in [0.717, 1.165) is 29.1 Å². The Labute approximate surface area is 124 Å². The van der Waals surface area contributed by atoms with Crippen molar-refractivity contribution in [1.29, 1.82) is 0 Å². The maximum atomic E-state index is 11.7. The fourth-order valence-electron chi connectivity index (χ4n) is 2.66. The molecule has 0 amide bonds. The van der Waals surface area contributed by atoms with Crippen LogP contribution in [0.3, 0.4) is 0 Å². The van der Waals surface area contributed by atoms with Crippen molar-refractivity contribution in [2.45, 2.75) is 6.54 Å². The minimum atomic E-state index is -0.0433.